The predicted molar refractivity (Wildman–Crippen MR) is 88.9 cm³/mol. The van der Waals surface area contributed by atoms with Crippen molar-refractivity contribution in [3.63, 3.8) is 0 Å². The lowest BCUT2D eigenvalue weighted by atomic mass is 10.3. The van der Waals surface area contributed by atoms with Gasteiger partial charge in [0.25, 0.3) is 0 Å². The molecule has 5 heteroatoms. The molecule has 0 radical (unpaired) electrons. The maximum atomic E-state index is 5.58. The summed E-state index contributed by atoms with van der Waals surface area (Å²) in [5, 5.41) is 0. The van der Waals surface area contributed by atoms with Gasteiger partial charge < -0.3 is 18.9 Å². The number of hydrogen-bond acceptors (Lipinski definition) is 4. The van der Waals surface area contributed by atoms with E-state index >= 15 is 0 Å². The van der Waals surface area contributed by atoms with Crippen LogP contribution in [0.4, 0.5) is 0 Å². The minimum absolute atomic E-state index is 0.492. The zero-order valence-corrected chi connectivity index (χ0v) is 14.0. The third-order valence-corrected chi connectivity index (χ3v) is 3.38. The first-order chi connectivity index (χ1) is 10.8. The van der Waals surface area contributed by atoms with Gasteiger partial charge in [-0.3, -0.25) is 0 Å². The van der Waals surface area contributed by atoms with Crippen LogP contribution >= 0.6 is 15.9 Å². The van der Waals surface area contributed by atoms with Crippen molar-refractivity contribution in [2.75, 3.05) is 33.5 Å². The van der Waals surface area contributed by atoms with Crippen LogP contribution in [0.5, 0.6) is 17.2 Å². The quantitative estimate of drug-likeness (QED) is 0.630. The van der Waals surface area contributed by atoms with Gasteiger partial charge in [-0.05, 0) is 36.4 Å². The Morgan fingerprint density at radius 3 is 2.09 bits per heavy atom. The third kappa shape index (κ3) is 5.95. The fraction of sp³-hybridized carbons (Fsp3) is 0.294. The first-order valence-corrected chi connectivity index (χ1v) is 7.80. The molecular weight excluding hydrogens is 348 g/mol. The number of methoxy groups -OCH3 is 1. The molecule has 0 saturated carbocycles. The van der Waals surface area contributed by atoms with Crippen molar-refractivity contribution in [1.29, 1.82) is 0 Å². The van der Waals surface area contributed by atoms with E-state index in [0.717, 1.165) is 21.7 Å². The number of halogens is 1. The summed E-state index contributed by atoms with van der Waals surface area (Å²) in [7, 11) is 1.63. The van der Waals surface area contributed by atoms with Crippen molar-refractivity contribution in [3.05, 3.63) is 53.0 Å². The molecule has 0 N–H and O–H groups in total. The third-order valence-electron chi connectivity index (χ3n) is 2.85. The summed E-state index contributed by atoms with van der Waals surface area (Å²) in [5.74, 6) is 2.38. The van der Waals surface area contributed by atoms with E-state index in [0.29, 0.717) is 26.4 Å². The molecule has 0 spiro atoms. The second-order valence-electron chi connectivity index (χ2n) is 4.44. The fourth-order valence-corrected chi connectivity index (χ4v) is 2.03. The first-order valence-electron chi connectivity index (χ1n) is 7.01. The molecule has 0 amide bonds. The minimum atomic E-state index is 0.492. The molecule has 118 valence electrons. The van der Waals surface area contributed by atoms with Crippen LogP contribution in [0.25, 0.3) is 0 Å². The molecule has 2 aromatic carbocycles. The van der Waals surface area contributed by atoms with E-state index in [-0.39, 0.29) is 0 Å². The molecule has 0 aromatic heterocycles. The molecule has 0 bridgehead atoms. The van der Waals surface area contributed by atoms with Crippen LogP contribution in [0.15, 0.2) is 53.0 Å². The minimum Gasteiger partial charge on any atom is -0.497 e. The Balaban J connectivity index is 1.54. The number of rotatable bonds is 9. The average Bonchev–Trinajstić information content (AvgIpc) is 2.56. The fourth-order valence-electron chi connectivity index (χ4n) is 1.76. The second-order valence-corrected chi connectivity index (χ2v) is 5.36. The van der Waals surface area contributed by atoms with Gasteiger partial charge in [0, 0.05) is 10.5 Å². The molecule has 0 unspecified atom stereocenters. The van der Waals surface area contributed by atoms with Crippen LogP contribution in [0, 0.1) is 0 Å². The number of ether oxygens (including phenoxy) is 4. The molecule has 0 aliphatic rings. The van der Waals surface area contributed by atoms with Crippen molar-refractivity contribution in [1.82, 2.24) is 0 Å². The van der Waals surface area contributed by atoms with Crippen LogP contribution in [0.1, 0.15) is 0 Å². The van der Waals surface area contributed by atoms with Crippen LogP contribution in [-0.4, -0.2) is 33.5 Å². The number of benzene rings is 2. The van der Waals surface area contributed by atoms with Gasteiger partial charge >= 0.3 is 0 Å². The lowest BCUT2D eigenvalue weighted by Crippen LogP contribution is -2.12. The summed E-state index contributed by atoms with van der Waals surface area (Å²) >= 11 is 3.38. The highest BCUT2D eigenvalue weighted by Gasteiger charge is 1.97. The Kier molecular flexibility index (Phi) is 7.06. The predicted octanol–water partition coefficient (Wildman–Crippen LogP) is 3.93. The van der Waals surface area contributed by atoms with Crippen LogP contribution in [0.3, 0.4) is 0 Å². The van der Waals surface area contributed by atoms with E-state index < -0.39 is 0 Å². The maximum absolute atomic E-state index is 5.58. The first kappa shape index (κ1) is 16.6. The van der Waals surface area contributed by atoms with Crippen molar-refractivity contribution in [3.8, 4) is 17.2 Å². The van der Waals surface area contributed by atoms with Gasteiger partial charge in [0.15, 0.2) is 0 Å². The Labute approximate surface area is 139 Å². The summed E-state index contributed by atoms with van der Waals surface area (Å²) in [5.41, 5.74) is 0. The summed E-state index contributed by atoms with van der Waals surface area (Å²) in [6.45, 7) is 2.05. The zero-order chi connectivity index (χ0) is 15.6. The topological polar surface area (TPSA) is 36.9 Å². The highest BCUT2D eigenvalue weighted by Crippen LogP contribution is 2.18. The van der Waals surface area contributed by atoms with E-state index in [1.54, 1.807) is 7.11 Å². The maximum Gasteiger partial charge on any atom is 0.123 e. The Morgan fingerprint density at radius 1 is 0.773 bits per heavy atom. The van der Waals surface area contributed by atoms with Gasteiger partial charge in [0.05, 0.1) is 20.3 Å². The summed E-state index contributed by atoms with van der Waals surface area (Å²) in [4.78, 5) is 0. The molecule has 22 heavy (non-hydrogen) atoms. The van der Waals surface area contributed by atoms with E-state index in [9.17, 15) is 0 Å². The standard InChI is InChI=1S/C17H19BrO4/c1-19-16-3-2-4-17(13-16)22-12-10-20-9-11-21-15-7-5-14(18)6-8-15/h2-8,13H,9-12H2,1H3. The second kappa shape index (κ2) is 9.33. The molecule has 0 heterocycles. The van der Waals surface area contributed by atoms with Gasteiger partial charge in [0.1, 0.15) is 30.5 Å². The van der Waals surface area contributed by atoms with E-state index in [4.69, 9.17) is 18.9 Å². The number of hydrogen-bond donors (Lipinski definition) is 0. The normalized spacial score (nSPS) is 10.3. The zero-order valence-electron chi connectivity index (χ0n) is 12.5. The summed E-state index contributed by atoms with van der Waals surface area (Å²) in [6, 6.07) is 15.2. The van der Waals surface area contributed by atoms with Crippen molar-refractivity contribution in [2.24, 2.45) is 0 Å². The van der Waals surface area contributed by atoms with Gasteiger partial charge in [-0.1, -0.05) is 22.0 Å². The van der Waals surface area contributed by atoms with Crippen LogP contribution in [0.2, 0.25) is 0 Å². The molecule has 0 aliphatic carbocycles. The Bertz CT molecular complexity index is 557. The van der Waals surface area contributed by atoms with Crippen molar-refractivity contribution in [2.45, 2.75) is 0 Å². The molecular formula is C17H19BrO4. The lowest BCUT2D eigenvalue weighted by molar-refractivity contribution is 0.0764. The summed E-state index contributed by atoms with van der Waals surface area (Å²) in [6.07, 6.45) is 0. The molecule has 2 aromatic rings. The molecule has 0 aliphatic heterocycles. The molecule has 0 fully saturated rings. The highest BCUT2D eigenvalue weighted by atomic mass is 79.9. The lowest BCUT2D eigenvalue weighted by Gasteiger charge is -2.09. The van der Waals surface area contributed by atoms with Crippen molar-refractivity contribution >= 4 is 15.9 Å². The van der Waals surface area contributed by atoms with Gasteiger partial charge in [0.2, 0.25) is 0 Å². The molecule has 0 saturated heterocycles. The average molecular weight is 367 g/mol. The smallest absolute Gasteiger partial charge is 0.123 e. The summed E-state index contributed by atoms with van der Waals surface area (Å²) < 4.78 is 22.8. The van der Waals surface area contributed by atoms with E-state index in [1.165, 1.54) is 0 Å². The Hall–Kier alpha value is -1.72. The molecule has 0 atom stereocenters. The Morgan fingerprint density at radius 2 is 1.41 bits per heavy atom. The molecule has 2 rings (SSSR count). The molecule has 4 nitrogen and oxygen atoms in total. The SMILES string of the molecule is COc1cccc(OCCOCCOc2ccc(Br)cc2)c1. The van der Waals surface area contributed by atoms with Gasteiger partial charge in [-0.15, -0.1) is 0 Å². The van der Waals surface area contributed by atoms with Crippen LogP contribution in [-0.2, 0) is 4.74 Å². The van der Waals surface area contributed by atoms with Crippen molar-refractivity contribution < 1.29 is 18.9 Å². The largest absolute Gasteiger partial charge is 0.497 e. The van der Waals surface area contributed by atoms with E-state index in [2.05, 4.69) is 15.9 Å². The van der Waals surface area contributed by atoms with E-state index in [1.807, 2.05) is 48.5 Å². The highest BCUT2D eigenvalue weighted by molar-refractivity contribution is 9.10. The van der Waals surface area contributed by atoms with Gasteiger partial charge in [-0.25, -0.2) is 0 Å². The van der Waals surface area contributed by atoms with Crippen LogP contribution < -0.4 is 14.2 Å². The monoisotopic (exact) mass is 366 g/mol. The van der Waals surface area contributed by atoms with Gasteiger partial charge in [-0.2, -0.15) is 0 Å².